The first-order valence-corrected chi connectivity index (χ1v) is 6.53. The van der Waals surface area contributed by atoms with Crippen molar-refractivity contribution in [2.75, 3.05) is 0 Å². The van der Waals surface area contributed by atoms with Crippen molar-refractivity contribution in [3.05, 3.63) is 71.8 Å². The largest absolute Gasteiger partial charge is 0.278 e. The first kappa shape index (κ1) is 12.4. The fourth-order valence-electron chi connectivity index (χ4n) is 2.20. The Labute approximate surface area is 118 Å². The molecular weight excluding hydrogens is 246 g/mol. The summed E-state index contributed by atoms with van der Waals surface area (Å²) < 4.78 is 0. The predicted octanol–water partition coefficient (Wildman–Crippen LogP) is 3.95. The molecule has 0 spiro atoms. The molecule has 98 valence electrons. The van der Waals surface area contributed by atoms with Gasteiger partial charge in [-0.3, -0.25) is 10.1 Å². The minimum absolute atomic E-state index is 0.990. The highest BCUT2D eigenvalue weighted by molar-refractivity contribution is 5.80. The Bertz CT molecular complexity index is 713. The van der Waals surface area contributed by atoms with E-state index in [1.54, 1.807) is 12.4 Å². The van der Waals surface area contributed by atoms with E-state index in [1.807, 2.05) is 37.3 Å². The van der Waals surface area contributed by atoms with E-state index >= 15 is 0 Å². The zero-order chi connectivity index (χ0) is 13.8. The van der Waals surface area contributed by atoms with Crippen molar-refractivity contribution >= 4 is 12.2 Å². The normalized spacial score (nSPS) is 11.1. The average molecular weight is 261 g/mol. The smallest absolute Gasteiger partial charge is 0.0676 e. The molecule has 0 saturated heterocycles. The van der Waals surface area contributed by atoms with Crippen LogP contribution < -0.4 is 0 Å². The number of nitrogens with one attached hydrogen (secondary N) is 1. The molecule has 1 N–H and O–H groups in total. The maximum Gasteiger partial charge on any atom is 0.0676 e. The van der Waals surface area contributed by atoms with Crippen molar-refractivity contribution < 1.29 is 0 Å². The van der Waals surface area contributed by atoms with Gasteiger partial charge in [0.25, 0.3) is 0 Å². The van der Waals surface area contributed by atoms with Gasteiger partial charge in [-0.25, -0.2) is 0 Å². The molecule has 0 bridgehead atoms. The molecule has 0 unspecified atom stereocenters. The third kappa shape index (κ3) is 2.52. The Hall–Kier alpha value is -2.68. The zero-order valence-electron chi connectivity index (χ0n) is 11.2. The van der Waals surface area contributed by atoms with Gasteiger partial charge in [0, 0.05) is 18.0 Å². The lowest BCUT2D eigenvalue weighted by atomic mass is 10.0. The molecule has 0 amide bonds. The van der Waals surface area contributed by atoms with E-state index in [-0.39, 0.29) is 0 Å². The van der Waals surface area contributed by atoms with Crippen LogP contribution in [0.2, 0.25) is 0 Å². The van der Waals surface area contributed by atoms with E-state index in [9.17, 15) is 0 Å². The van der Waals surface area contributed by atoms with E-state index in [0.717, 1.165) is 22.5 Å². The van der Waals surface area contributed by atoms with Gasteiger partial charge in [-0.15, -0.1) is 0 Å². The molecule has 3 rings (SSSR count). The van der Waals surface area contributed by atoms with Crippen LogP contribution in [0, 0.1) is 6.92 Å². The summed E-state index contributed by atoms with van der Waals surface area (Å²) in [5, 5.41) is 7.39. The number of aromatic nitrogens is 3. The summed E-state index contributed by atoms with van der Waals surface area (Å²) in [6, 6.07) is 14.2. The number of benzene rings is 1. The molecule has 1 aromatic carbocycles. The highest BCUT2D eigenvalue weighted by Crippen LogP contribution is 2.26. The van der Waals surface area contributed by atoms with Gasteiger partial charge in [0.05, 0.1) is 11.4 Å². The van der Waals surface area contributed by atoms with Gasteiger partial charge in [-0.1, -0.05) is 36.4 Å². The van der Waals surface area contributed by atoms with Crippen LogP contribution in [0.5, 0.6) is 0 Å². The summed E-state index contributed by atoms with van der Waals surface area (Å²) in [6.07, 6.45) is 7.74. The summed E-state index contributed by atoms with van der Waals surface area (Å²) in [4.78, 5) is 4.06. The molecule has 20 heavy (non-hydrogen) atoms. The minimum Gasteiger partial charge on any atom is -0.278 e. The predicted molar refractivity (Wildman–Crippen MR) is 81.9 cm³/mol. The quantitative estimate of drug-likeness (QED) is 0.775. The second-order valence-electron chi connectivity index (χ2n) is 4.58. The number of hydrogen-bond acceptors (Lipinski definition) is 2. The Morgan fingerprint density at radius 3 is 2.45 bits per heavy atom. The van der Waals surface area contributed by atoms with Crippen LogP contribution in [0.1, 0.15) is 17.0 Å². The lowest BCUT2D eigenvalue weighted by molar-refractivity contribution is 1.04. The summed E-state index contributed by atoms with van der Waals surface area (Å²) in [7, 11) is 0. The van der Waals surface area contributed by atoms with Crippen LogP contribution >= 0.6 is 0 Å². The van der Waals surface area contributed by atoms with Crippen molar-refractivity contribution in [1.29, 1.82) is 0 Å². The molecular formula is C17H15N3. The van der Waals surface area contributed by atoms with Crippen molar-refractivity contribution in [3.8, 4) is 11.1 Å². The summed E-state index contributed by atoms with van der Waals surface area (Å²) >= 11 is 0. The topological polar surface area (TPSA) is 41.6 Å². The van der Waals surface area contributed by atoms with Gasteiger partial charge in [0.15, 0.2) is 0 Å². The SMILES string of the molecule is Cc1n[nH]c(C=Cc2ccccc2)c1-c1ccncc1. The van der Waals surface area contributed by atoms with Crippen molar-refractivity contribution in [3.63, 3.8) is 0 Å². The molecule has 3 nitrogen and oxygen atoms in total. The summed E-state index contributed by atoms with van der Waals surface area (Å²) in [6.45, 7) is 2.01. The molecule has 2 aromatic heterocycles. The molecule has 0 aliphatic carbocycles. The zero-order valence-corrected chi connectivity index (χ0v) is 11.2. The molecule has 0 aliphatic heterocycles. The highest BCUT2D eigenvalue weighted by atomic mass is 15.1. The standard InChI is InChI=1S/C17H15N3/c1-13-17(15-9-11-18-12-10-15)16(20-19-13)8-7-14-5-3-2-4-6-14/h2-12H,1H3,(H,19,20). The molecule has 0 aliphatic rings. The van der Waals surface area contributed by atoms with Crippen molar-refractivity contribution in [1.82, 2.24) is 15.2 Å². The molecule has 0 fully saturated rings. The molecule has 2 heterocycles. The number of rotatable bonds is 3. The van der Waals surface area contributed by atoms with Gasteiger partial charge in [0.2, 0.25) is 0 Å². The highest BCUT2D eigenvalue weighted by Gasteiger charge is 2.09. The van der Waals surface area contributed by atoms with E-state index in [1.165, 1.54) is 5.56 Å². The van der Waals surface area contributed by atoms with E-state index in [2.05, 4.69) is 39.5 Å². The van der Waals surface area contributed by atoms with Gasteiger partial charge >= 0.3 is 0 Å². The lowest BCUT2D eigenvalue weighted by Gasteiger charge is -2.00. The first-order valence-electron chi connectivity index (χ1n) is 6.53. The van der Waals surface area contributed by atoms with E-state index in [4.69, 9.17) is 0 Å². The second kappa shape index (κ2) is 5.53. The third-order valence-electron chi connectivity index (χ3n) is 3.19. The Kier molecular flexibility index (Phi) is 3.42. The van der Waals surface area contributed by atoms with Crippen LogP contribution in [0.25, 0.3) is 23.3 Å². The molecule has 3 aromatic rings. The number of aryl methyl sites for hydroxylation is 1. The van der Waals surface area contributed by atoms with Crippen LogP contribution in [-0.4, -0.2) is 15.2 Å². The van der Waals surface area contributed by atoms with Crippen LogP contribution in [-0.2, 0) is 0 Å². The maximum atomic E-state index is 4.31. The average Bonchev–Trinajstić information content (AvgIpc) is 2.88. The minimum atomic E-state index is 0.990. The van der Waals surface area contributed by atoms with Gasteiger partial charge < -0.3 is 0 Å². The summed E-state index contributed by atoms with van der Waals surface area (Å²) in [5.74, 6) is 0. The van der Waals surface area contributed by atoms with E-state index in [0.29, 0.717) is 0 Å². The first-order chi connectivity index (χ1) is 9.84. The number of H-pyrrole nitrogens is 1. The molecule has 0 atom stereocenters. The Morgan fingerprint density at radius 1 is 0.950 bits per heavy atom. The van der Waals surface area contributed by atoms with Gasteiger partial charge in [0.1, 0.15) is 0 Å². The van der Waals surface area contributed by atoms with Gasteiger partial charge in [-0.2, -0.15) is 5.10 Å². The Morgan fingerprint density at radius 2 is 1.70 bits per heavy atom. The summed E-state index contributed by atoms with van der Waals surface area (Å²) in [5.41, 5.74) is 5.42. The van der Waals surface area contributed by atoms with Crippen molar-refractivity contribution in [2.24, 2.45) is 0 Å². The van der Waals surface area contributed by atoms with Crippen LogP contribution in [0.15, 0.2) is 54.9 Å². The number of pyridine rings is 1. The number of nitrogens with zero attached hydrogens (tertiary/aromatic N) is 2. The molecule has 0 saturated carbocycles. The van der Waals surface area contributed by atoms with Gasteiger partial charge in [-0.05, 0) is 36.3 Å². The van der Waals surface area contributed by atoms with Crippen LogP contribution in [0.3, 0.4) is 0 Å². The lowest BCUT2D eigenvalue weighted by Crippen LogP contribution is -1.82. The Balaban J connectivity index is 1.98. The molecule has 3 heteroatoms. The third-order valence-corrected chi connectivity index (χ3v) is 3.19. The fraction of sp³-hybridized carbons (Fsp3) is 0.0588. The fourth-order valence-corrected chi connectivity index (χ4v) is 2.20. The second-order valence-corrected chi connectivity index (χ2v) is 4.58. The van der Waals surface area contributed by atoms with Crippen LogP contribution in [0.4, 0.5) is 0 Å². The van der Waals surface area contributed by atoms with Crippen molar-refractivity contribution in [2.45, 2.75) is 6.92 Å². The molecule has 0 radical (unpaired) electrons. The monoisotopic (exact) mass is 261 g/mol. The number of aromatic amines is 1. The van der Waals surface area contributed by atoms with E-state index < -0.39 is 0 Å². The maximum absolute atomic E-state index is 4.31. The number of hydrogen-bond donors (Lipinski definition) is 1.